The van der Waals surface area contributed by atoms with Gasteiger partial charge in [0, 0.05) is 24.6 Å². The molecule has 0 aliphatic carbocycles. The van der Waals surface area contributed by atoms with Crippen LogP contribution in [0, 0.1) is 6.92 Å². The number of nitrogens with two attached hydrogens (primary N) is 1. The Morgan fingerprint density at radius 1 is 1.15 bits per heavy atom. The van der Waals surface area contributed by atoms with E-state index in [0.29, 0.717) is 0 Å². The highest BCUT2D eigenvalue weighted by Crippen LogP contribution is 2.24. The minimum atomic E-state index is -0.646. The number of aryl methyl sites for hydroxylation is 1. The Kier molecular flexibility index (Phi) is 4.82. The number of hydrogen-bond donors (Lipinski definition) is 1. The van der Waals surface area contributed by atoms with Crippen molar-refractivity contribution in [3.63, 3.8) is 0 Å². The molecule has 0 saturated carbocycles. The Balaban J connectivity index is 2.23. The Hall–Kier alpha value is -1.78. The Bertz CT molecular complexity index is 539. The minimum Gasteiger partial charge on any atom is -0.375 e. The maximum atomic E-state index is 12.7. The monoisotopic (exact) mass is 274 g/mol. The number of benzene rings is 1. The lowest BCUT2D eigenvalue weighted by Crippen LogP contribution is -2.31. The smallest absolute Gasteiger partial charge is 0.107 e. The molecule has 0 unspecified atom stereocenters. The second-order valence-corrected chi connectivity index (χ2v) is 4.78. The average molecular weight is 274 g/mol. The molecule has 0 radical (unpaired) electrons. The number of rotatable bonds is 5. The van der Waals surface area contributed by atoms with E-state index < -0.39 is 18.8 Å². The number of pyridine rings is 1. The summed E-state index contributed by atoms with van der Waals surface area (Å²) in [5.74, 6) is 0. The quantitative estimate of drug-likeness (QED) is 0.911. The Morgan fingerprint density at radius 2 is 1.80 bits per heavy atom. The van der Waals surface area contributed by atoms with Crippen LogP contribution in [-0.2, 0) is 4.74 Å². The summed E-state index contributed by atoms with van der Waals surface area (Å²) >= 11 is 0. The molecule has 0 aliphatic heterocycles. The zero-order valence-corrected chi connectivity index (χ0v) is 11.7. The molecule has 106 valence electrons. The number of ether oxygens (including phenoxy) is 1. The normalized spacial score (nSPS) is 14.0. The van der Waals surface area contributed by atoms with Crippen molar-refractivity contribution in [2.75, 3.05) is 13.8 Å². The van der Waals surface area contributed by atoms with Crippen molar-refractivity contribution in [2.45, 2.75) is 19.1 Å². The fourth-order valence-corrected chi connectivity index (χ4v) is 2.14. The van der Waals surface area contributed by atoms with Gasteiger partial charge in [0.15, 0.2) is 0 Å². The standard InChI is InChI=1S/C16H19FN2O/c1-11-3-4-14(10-19-11)12-5-7-13(8-6-12)16(20-2)15(18)9-17/h3-8,10,15-16H,9,18H2,1-2H3/t15-,16-/m1/s1. The molecule has 1 heterocycles. The molecule has 2 N–H and O–H groups in total. The van der Waals surface area contributed by atoms with Crippen LogP contribution < -0.4 is 5.73 Å². The lowest BCUT2D eigenvalue weighted by molar-refractivity contribution is 0.0721. The van der Waals surface area contributed by atoms with E-state index in [0.717, 1.165) is 22.4 Å². The summed E-state index contributed by atoms with van der Waals surface area (Å²) in [4.78, 5) is 4.28. The van der Waals surface area contributed by atoms with Crippen molar-refractivity contribution in [2.24, 2.45) is 5.73 Å². The number of nitrogens with zero attached hydrogens (tertiary/aromatic N) is 1. The van der Waals surface area contributed by atoms with E-state index in [4.69, 9.17) is 10.5 Å². The van der Waals surface area contributed by atoms with E-state index in [9.17, 15) is 4.39 Å². The maximum Gasteiger partial charge on any atom is 0.107 e. The van der Waals surface area contributed by atoms with Crippen molar-refractivity contribution < 1.29 is 9.13 Å². The lowest BCUT2D eigenvalue weighted by atomic mass is 9.99. The van der Waals surface area contributed by atoms with E-state index in [1.807, 2.05) is 49.5 Å². The van der Waals surface area contributed by atoms with E-state index in [1.54, 1.807) is 0 Å². The van der Waals surface area contributed by atoms with Gasteiger partial charge in [-0.15, -0.1) is 0 Å². The summed E-state index contributed by atoms with van der Waals surface area (Å²) in [5.41, 5.74) is 9.68. The predicted molar refractivity (Wildman–Crippen MR) is 78.1 cm³/mol. The molecule has 20 heavy (non-hydrogen) atoms. The van der Waals surface area contributed by atoms with Crippen molar-refractivity contribution in [3.8, 4) is 11.1 Å². The van der Waals surface area contributed by atoms with Crippen LogP contribution in [0.2, 0.25) is 0 Å². The molecule has 4 heteroatoms. The van der Waals surface area contributed by atoms with Crippen LogP contribution in [0.5, 0.6) is 0 Å². The summed E-state index contributed by atoms with van der Waals surface area (Å²) in [6.45, 7) is 1.34. The second kappa shape index (κ2) is 6.59. The van der Waals surface area contributed by atoms with Gasteiger partial charge in [0.1, 0.15) is 6.67 Å². The van der Waals surface area contributed by atoms with Crippen LogP contribution in [0.4, 0.5) is 4.39 Å². The molecule has 0 bridgehead atoms. The van der Waals surface area contributed by atoms with Gasteiger partial charge in [-0.25, -0.2) is 4.39 Å². The zero-order valence-electron chi connectivity index (χ0n) is 11.7. The van der Waals surface area contributed by atoms with Gasteiger partial charge in [-0.1, -0.05) is 30.3 Å². The second-order valence-electron chi connectivity index (χ2n) is 4.78. The maximum absolute atomic E-state index is 12.7. The first-order chi connectivity index (χ1) is 9.65. The van der Waals surface area contributed by atoms with Gasteiger partial charge in [-0.3, -0.25) is 4.98 Å². The fraction of sp³-hybridized carbons (Fsp3) is 0.312. The van der Waals surface area contributed by atoms with Gasteiger partial charge < -0.3 is 10.5 Å². The van der Waals surface area contributed by atoms with E-state index in [1.165, 1.54) is 7.11 Å². The number of alkyl halides is 1. The number of methoxy groups -OCH3 is 1. The third kappa shape index (κ3) is 3.21. The van der Waals surface area contributed by atoms with Gasteiger partial charge in [0.2, 0.25) is 0 Å². The van der Waals surface area contributed by atoms with Crippen LogP contribution in [0.3, 0.4) is 0 Å². The molecule has 0 spiro atoms. The molecule has 3 nitrogen and oxygen atoms in total. The highest BCUT2D eigenvalue weighted by Gasteiger charge is 2.19. The molecule has 0 saturated heterocycles. The van der Waals surface area contributed by atoms with Gasteiger partial charge in [-0.2, -0.15) is 0 Å². The van der Waals surface area contributed by atoms with E-state index >= 15 is 0 Å². The summed E-state index contributed by atoms with van der Waals surface area (Å²) < 4.78 is 18.0. The summed E-state index contributed by atoms with van der Waals surface area (Å²) in [7, 11) is 1.54. The molecule has 2 atom stereocenters. The topological polar surface area (TPSA) is 48.1 Å². The first-order valence-corrected chi connectivity index (χ1v) is 6.53. The third-order valence-electron chi connectivity index (χ3n) is 3.30. The van der Waals surface area contributed by atoms with Crippen LogP contribution in [-0.4, -0.2) is 24.8 Å². The Labute approximate surface area is 118 Å². The molecular formula is C16H19FN2O. The first-order valence-electron chi connectivity index (χ1n) is 6.53. The molecule has 2 rings (SSSR count). The fourth-order valence-electron chi connectivity index (χ4n) is 2.14. The first kappa shape index (κ1) is 14.6. The summed E-state index contributed by atoms with van der Waals surface area (Å²) in [6.07, 6.45) is 1.41. The van der Waals surface area contributed by atoms with Crippen molar-refractivity contribution in [1.29, 1.82) is 0 Å². The minimum absolute atomic E-state index is 0.426. The highest BCUT2D eigenvalue weighted by atomic mass is 19.1. The number of halogens is 1. The van der Waals surface area contributed by atoms with Crippen molar-refractivity contribution in [1.82, 2.24) is 4.98 Å². The molecule has 1 aromatic carbocycles. The average Bonchev–Trinajstić information content (AvgIpc) is 2.49. The number of hydrogen-bond acceptors (Lipinski definition) is 3. The summed E-state index contributed by atoms with van der Waals surface area (Å²) in [6, 6.07) is 11.1. The third-order valence-corrected chi connectivity index (χ3v) is 3.30. The predicted octanol–water partition coefficient (Wildman–Crippen LogP) is 3.04. The van der Waals surface area contributed by atoms with Crippen molar-refractivity contribution in [3.05, 3.63) is 53.9 Å². The van der Waals surface area contributed by atoms with Gasteiger partial charge >= 0.3 is 0 Å². The van der Waals surface area contributed by atoms with Crippen LogP contribution >= 0.6 is 0 Å². The molecular weight excluding hydrogens is 255 g/mol. The molecule has 0 aliphatic rings. The van der Waals surface area contributed by atoms with Crippen LogP contribution in [0.1, 0.15) is 17.4 Å². The van der Waals surface area contributed by atoms with E-state index in [-0.39, 0.29) is 0 Å². The Morgan fingerprint density at radius 3 is 2.30 bits per heavy atom. The van der Waals surface area contributed by atoms with Gasteiger partial charge in [0.25, 0.3) is 0 Å². The van der Waals surface area contributed by atoms with E-state index in [2.05, 4.69) is 4.98 Å². The largest absolute Gasteiger partial charge is 0.375 e. The number of aromatic nitrogens is 1. The molecule has 1 aromatic heterocycles. The lowest BCUT2D eigenvalue weighted by Gasteiger charge is -2.20. The highest BCUT2D eigenvalue weighted by molar-refractivity contribution is 5.62. The van der Waals surface area contributed by atoms with Gasteiger partial charge in [-0.05, 0) is 24.1 Å². The summed E-state index contributed by atoms with van der Waals surface area (Å²) in [5, 5.41) is 0. The molecule has 0 fully saturated rings. The van der Waals surface area contributed by atoms with Crippen molar-refractivity contribution >= 4 is 0 Å². The van der Waals surface area contributed by atoms with Crippen LogP contribution in [0.25, 0.3) is 11.1 Å². The van der Waals surface area contributed by atoms with Crippen LogP contribution in [0.15, 0.2) is 42.6 Å². The zero-order chi connectivity index (χ0) is 14.5. The molecule has 0 amide bonds. The molecule has 2 aromatic rings. The SMILES string of the molecule is CO[C@H](c1ccc(-c2ccc(C)nc2)cc1)[C@H](N)CF. The van der Waals surface area contributed by atoms with Gasteiger partial charge in [0.05, 0.1) is 12.1 Å².